The van der Waals surface area contributed by atoms with E-state index in [-0.39, 0.29) is 0 Å². The average Bonchev–Trinajstić information content (AvgIpc) is 3.07. The molecule has 0 saturated carbocycles. The van der Waals surface area contributed by atoms with Gasteiger partial charge in [-0.05, 0) is 44.5 Å². The van der Waals surface area contributed by atoms with Gasteiger partial charge in [0.05, 0.1) is 0 Å². The Kier molecular flexibility index (Phi) is 15.9. The van der Waals surface area contributed by atoms with Crippen LogP contribution in [-0.2, 0) is 0 Å². The van der Waals surface area contributed by atoms with E-state index in [2.05, 4.69) is 125 Å². The maximum absolute atomic E-state index is 2.41. The van der Waals surface area contributed by atoms with E-state index in [0.717, 1.165) is 0 Å². The fraction of sp³-hybridized carbons (Fsp3) is 0.400. The fourth-order valence-electron chi connectivity index (χ4n) is 5.16. The predicted molar refractivity (Wildman–Crippen MR) is 181 cm³/mol. The van der Waals surface area contributed by atoms with Gasteiger partial charge in [-0.2, -0.15) is 0 Å². The lowest BCUT2D eigenvalue weighted by molar-refractivity contribution is 0.855. The molecule has 0 unspecified atom stereocenters. The van der Waals surface area contributed by atoms with E-state index in [9.17, 15) is 0 Å². The first kappa shape index (κ1) is 34.9. The molecule has 5 rings (SSSR count). The zero-order valence-corrected chi connectivity index (χ0v) is 27.5. The molecule has 40 heavy (non-hydrogen) atoms. The van der Waals surface area contributed by atoms with E-state index in [1.54, 1.807) is 0 Å². The summed E-state index contributed by atoms with van der Waals surface area (Å²) in [7, 11) is 0. The van der Waals surface area contributed by atoms with Crippen LogP contribution in [0.2, 0.25) is 0 Å². The molecule has 0 N–H and O–H groups in total. The Balaban J connectivity index is 0.000000921. The number of benzene rings is 4. The Morgan fingerprint density at radius 2 is 0.400 bits per heavy atom. The third kappa shape index (κ3) is 8.44. The fourth-order valence-corrected chi connectivity index (χ4v) is 5.16. The highest BCUT2D eigenvalue weighted by molar-refractivity contribution is 5.45. The van der Waals surface area contributed by atoms with Crippen molar-refractivity contribution >= 4 is 0 Å². The molecule has 0 radical (unpaired) electrons. The Bertz CT molecular complexity index is 973. The van der Waals surface area contributed by atoms with Crippen LogP contribution in [0.5, 0.6) is 0 Å². The molecule has 0 heteroatoms. The van der Waals surface area contributed by atoms with E-state index in [0.29, 0.717) is 23.7 Å². The van der Waals surface area contributed by atoms with Crippen molar-refractivity contribution in [2.24, 2.45) is 0 Å². The number of hydrogen-bond acceptors (Lipinski definition) is 0. The Hall–Kier alpha value is -3.12. The second-order valence-corrected chi connectivity index (χ2v) is 9.57. The number of fused-ring (bicyclic) bond motifs is 8. The predicted octanol–water partition coefficient (Wildman–Crippen LogP) is 12.7. The third-order valence-corrected chi connectivity index (χ3v) is 7.64. The Morgan fingerprint density at radius 1 is 0.275 bits per heavy atom. The molecular weight excluding hydrogens is 480 g/mol. The van der Waals surface area contributed by atoms with Gasteiger partial charge in [-0.1, -0.05) is 180 Å². The lowest BCUT2D eigenvalue weighted by Gasteiger charge is -2.22. The molecule has 0 saturated heterocycles. The first-order chi connectivity index (χ1) is 19.5. The molecule has 4 aromatic rings. The van der Waals surface area contributed by atoms with Crippen LogP contribution in [0, 0.1) is 0 Å². The molecule has 0 aromatic heterocycles. The highest BCUT2D eigenvalue weighted by Gasteiger charge is 2.18. The smallest absolute Gasteiger partial charge is 0.00612 e. The van der Waals surface area contributed by atoms with Crippen LogP contribution in [-0.4, -0.2) is 0 Å². The maximum Gasteiger partial charge on any atom is 0.00612 e. The molecular formula is C40H56. The van der Waals surface area contributed by atoms with Crippen LogP contribution in [0.25, 0.3) is 0 Å². The summed E-state index contributed by atoms with van der Waals surface area (Å²) in [6, 6.07) is 36.8. The van der Waals surface area contributed by atoms with Gasteiger partial charge >= 0.3 is 0 Å². The van der Waals surface area contributed by atoms with Crippen molar-refractivity contribution in [2.75, 3.05) is 0 Å². The summed E-state index contributed by atoms with van der Waals surface area (Å²) in [5, 5.41) is 0. The lowest BCUT2D eigenvalue weighted by atomic mass is 9.82. The Labute approximate surface area is 247 Å². The van der Waals surface area contributed by atoms with Gasteiger partial charge in [-0.15, -0.1) is 0 Å². The summed E-state index contributed by atoms with van der Waals surface area (Å²) in [5.41, 5.74) is 11.1. The monoisotopic (exact) mass is 536 g/mol. The van der Waals surface area contributed by atoms with Crippen molar-refractivity contribution in [3.05, 3.63) is 142 Å². The van der Waals surface area contributed by atoms with Crippen molar-refractivity contribution in [1.82, 2.24) is 0 Å². The third-order valence-electron chi connectivity index (χ3n) is 7.64. The zero-order valence-electron chi connectivity index (χ0n) is 27.5. The summed E-state index contributed by atoms with van der Waals surface area (Å²) in [6.45, 7) is 25.3. The molecule has 0 atom stereocenters. The van der Waals surface area contributed by atoms with E-state index in [4.69, 9.17) is 0 Å². The largest absolute Gasteiger partial charge is 0.0683 e. The molecule has 0 nitrogen and oxygen atoms in total. The minimum atomic E-state index is 0.361. The van der Waals surface area contributed by atoms with Crippen LogP contribution < -0.4 is 0 Å². The number of hydrogen-bond donors (Lipinski definition) is 0. The first-order valence-corrected chi connectivity index (χ1v) is 15.9. The minimum absolute atomic E-state index is 0.361. The highest BCUT2D eigenvalue weighted by Crippen LogP contribution is 2.35. The molecule has 4 aromatic carbocycles. The van der Waals surface area contributed by atoms with Crippen molar-refractivity contribution < 1.29 is 0 Å². The van der Waals surface area contributed by atoms with Crippen LogP contribution >= 0.6 is 0 Å². The van der Waals surface area contributed by atoms with E-state index < -0.39 is 0 Å². The second kappa shape index (κ2) is 18.3. The van der Waals surface area contributed by atoms with Crippen molar-refractivity contribution in [3.63, 3.8) is 0 Å². The molecule has 0 amide bonds. The van der Waals surface area contributed by atoms with Gasteiger partial charge in [0.25, 0.3) is 0 Å². The van der Waals surface area contributed by atoms with Gasteiger partial charge in [0.1, 0.15) is 0 Å². The van der Waals surface area contributed by atoms with Crippen molar-refractivity contribution in [3.8, 4) is 0 Å². The molecule has 1 aliphatic rings. The Morgan fingerprint density at radius 3 is 0.525 bits per heavy atom. The van der Waals surface area contributed by atoms with Crippen LogP contribution in [0.1, 0.15) is 151 Å². The van der Waals surface area contributed by atoms with Gasteiger partial charge in [-0.25, -0.2) is 0 Å². The molecule has 8 bridgehead atoms. The summed E-state index contributed by atoms with van der Waals surface area (Å²) < 4.78 is 0. The van der Waals surface area contributed by atoms with Gasteiger partial charge in [0, 0.05) is 23.7 Å². The normalized spacial score (nSPS) is 18.5. The van der Waals surface area contributed by atoms with Crippen molar-refractivity contribution in [1.29, 1.82) is 0 Å². The summed E-state index contributed by atoms with van der Waals surface area (Å²) in [4.78, 5) is 0. The molecule has 0 heterocycles. The second-order valence-electron chi connectivity index (χ2n) is 9.57. The molecule has 0 aliphatic heterocycles. The van der Waals surface area contributed by atoms with E-state index in [1.807, 2.05) is 55.4 Å². The van der Waals surface area contributed by atoms with E-state index in [1.165, 1.54) is 44.5 Å². The standard InChI is InChI=1S/C32H32.4C2H6/c1-21-25-9-5-11-27(17-25)22(2)29-13-7-15-31(19-29)24(4)32-16-8-14-30(20-32)23(3)28-12-6-10-26(21)18-28;4*1-2/h5-24H,1-4H3;4*1-2H3. The van der Waals surface area contributed by atoms with Gasteiger partial charge in [0.2, 0.25) is 0 Å². The molecule has 1 aliphatic carbocycles. The minimum Gasteiger partial charge on any atom is -0.0683 e. The van der Waals surface area contributed by atoms with E-state index >= 15 is 0 Å². The molecule has 0 spiro atoms. The van der Waals surface area contributed by atoms with Gasteiger partial charge < -0.3 is 0 Å². The highest BCUT2D eigenvalue weighted by atomic mass is 14.2. The van der Waals surface area contributed by atoms with Gasteiger partial charge in [-0.3, -0.25) is 0 Å². The van der Waals surface area contributed by atoms with Crippen LogP contribution in [0.3, 0.4) is 0 Å². The number of rotatable bonds is 0. The lowest BCUT2D eigenvalue weighted by Crippen LogP contribution is -2.05. The average molecular weight is 537 g/mol. The first-order valence-electron chi connectivity index (χ1n) is 15.9. The SMILES string of the molecule is CC.CC.CC.CC.CC1c2cccc(c2)C(C)c2cccc(c2)C(C)c2cccc(c2)C(C)c2cccc1c2. The maximum atomic E-state index is 2.41. The zero-order chi connectivity index (χ0) is 30.2. The van der Waals surface area contributed by atoms with Gasteiger partial charge in [0.15, 0.2) is 0 Å². The summed E-state index contributed by atoms with van der Waals surface area (Å²) in [5.74, 6) is 1.44. The summed E-state index contributed by atoms with van der Waals surface area (Å²) >= 11 is 0. The van der Waals surface area contributed by atoms with Crippen molar-refractivity contribution in [2.45, 2.75) is 107 Å². The topological polar surface area (TPSA) is 0 Å². The van der Waals surface area contributed by atoms with Crippen LogP contribution in [0.4, 0.5) is 0 Å². The molecule has 216 valence electrons. The quantitative estimate of drug-likeness (QED) is 0.210. The van der Waals surface area contributed by atoms with Crippen LogP contribution in [0.15, 0.2) is 97.1 Å². The molecule has 0 fully saturated rings. The summed E-state index contributed by atoms with van der Waals surface area (Å²) in [6.07, 6.45) is 0.